The molecule has 33 heavy (non-hydrogen) atoms. The van der Waals surface area contributed by atoms with E-state index in [4.69, 9.17) is 18.6 Å². The second kappa shape index (κ2) is 9.37. The summed E-state index contributed by atoms with van der Waals surface area (Å²) in [6, 6.07) is 14.6. The molecule has 3 aromatic rings. The monoisotopic (exact) mass is 451 g/mol. The van der Waals surface area contributed by atoms with E-state index in [1.807, 2.05) is 57.2 Å². The van der Waals surface area contributed by atoms with Gasteiger partial charge in [0.25, 0.3) is 0 Å². The zero-order chi connectivity index (χ0) is 23.6. The van der Waals surface area contributed by atoms with Crippen molar-refractivity contribution in [2.24, 2.45) is 0 Å². The molecule has 1 aliphatic rings. The summed E-state index contributed by atoms with van der Waals surface area (Å²) in [5, 5.41) is 3.35. The SMILES string of the molecule is COC1CC[C@H](Oc2ccc3cc(NC(=O)Cc4ccccc4)c(=O)oc3c2C)OC1(C)C. The Morgan fingerprint density at radius 2 is 1.91 bits per heavy atom. The Labute approximate surface area is 192 Å². The van der Waals surface area contributed by atoms with Crippen LogP contribution in [-0.4, -0.2) is 31.0 Å². The Kier molecular flexibility index (Phi) is 6.54. The summed E-state index contributed by atoms with van der Waals surface area (Å²) in [5.74, 6) is 0.305. The third kappa shape index (κ3) is 5.10. The van der Waals surface area contributed by atoms with Crippen LogP contribution in [-0.2, 0) is 20.7 Å². The molecule has 1 amide bonds. The summed E-state index contributed by atoms with van der Waals surface area (Å²) >= 11 is 0. The van der Waals surface area contributed by atoms with Crippen LogP contribution in [0.3, 0.4) is 0 Å². The number of fused-ring (bicyclic) bond motifs is 1. The molecule has 0 saturated carbocycles. The molecule has 0 bridgehead atoms. The maximum atomic E-state index is 12.6. The Morgan fingerprint density at radius 3 is 2.61 bits per heavy atom. The number of carbonyl (C=O) groups is 1. The molecule has 1 N–H and O–H groups in total. The number of amides is 1. The molecule has 1 fully saturated rings. The van der Waals surface area contributed by atoms with E-state index in [0.717, 1.165) is 12.0 Å². The predicted octanol–water partition coefficient (Wildman–Crippen LogP) is 4.59. The molecule has 7 nitrogen and oxygen atoms in total. The molecule has 1 unspecified atom stereocenters. The minimum Gasteiger partial charge on any atom is -0.465 e. The molecule has 1 saturated heterocycles. The average Bonchev–Trinajstić information content (AvgIpc) is 2.77. The van der Waals surface area contributed by atoms with E-state index in [1.54, 1.807) is 19.2 Å². The van der Waals surface area contributed by atoms with Gasteiger partial charge in [0.1, 0.15) is 17.0 Å². The zero-order valence-electron chi connectivity index (χ0n) is 19.3. The topological polar surface area (TPSA) is 87.0 Å². The van der Waals surface area contributed by atoms with Gasteiger partial charge in [0, 0.05) is 24.5 Å². The van der Waals surface area contributed by atoms with Crippen molar-refractivity contribution >= 4 is 22.6 Å². The number of carbonyl (C=O) groups excluding carboxylic acids is 1. The van der Waals surface area contributed by atoms with Gasteiger partial charge in [0.05, 0.1) is 18.1 Å². The van der Waals surface area contributed by atoms with Crippen LogP contribution in [0, 0.1) is 6.92 Å². The lowest BCUT2D eigenvalue weighted by Crippen LogP contribution is -2.49. The molecule has 174 valence electrons. The van der Waals surface area contributed by atoms with Gasteiger partial charge in [-0.15, -0.1) is 0 Å². The fraction of sp³-hybridized carbons (Fsp3) is 0.385. The number of aryl methyl sites for hydroxylation is 1. The number of ether oxygens (including phenoxy) is 3. The summed E-state index contributed by atoms with van der Waals surface area (Å²) in [7, 11) is 1.69. The number of nitrogens with one attached hydrogen (secondary N) is 1. The predicted molar refractivity (Wildman–Crippen MR) is 126 cm³/mol. The highest BCUT2D eigenvalue weighted by molar-refractivity contribution is 5.94. The molecule has 7 heteroatoms. The molecule has 1 aliphatic heterocycles. The number of hydrogen-bond acceptors (Lipinski definition) is 6. The van der Waals surface area contributed by atoms with Gasteiger partial charge in [-0.1, -0.05) is 30.3 Å². The number of hydrogen-bond donors (Lipinski definition) is 1. The number of methoxy groups -OCH3 is 1. The maximum Gasteiger partial charge on any atom is 0.360 e. The summed E-state index contributed by atoms with van der Waals surface area (Å²) in [4.78, 5) is 24.9. The number of benzene rings is 2. The van der Waals surface area contributed by atoms with E-state index < -0.39 is 17.5 Å². The van der Waals surface area contributed by atoms with Crippen LogP contribution in [0.2, 0.25) is 0 Å². The minimum atomic E-state index is -0.609. The van der Waals surface area contributed by atoms with Crippen molar-refractivity contribution in [3.05, 3.63) is 70.1 Å². The largest absolute Gasteiger partial charge is 0.465 e. The first-order chi connectivity index (χ1) is 15.8. The molecule has 0 aliphatic carbocycles. The third-order valence-corrected chi connectivity index (χ3v) is 6.00. The first-order valence-electron chi connectivity index (χ1n) is 11.1. The molecular weight excluding hydrogens is 422 g/mol. The average molecular weight is 452 g/mol. The summed E-state index contributed by atoms with van der Waals surface area (Å²) in [6.07, 6.45) is 1.26. The van der Waals surface area contributed by atoms with E-state index in [0.29, 0.717) is 28.7 Å². The van der Waals surface area contributed by atoms with Crippen molar-refractivity contribution in [1.82, 2.24) is 0 Å². The molecular formula is C26H29NO6. The highest BCUT2D eigenvalue weighted by Gasteiger charge is 2.39. The van der Waals surface area contributed by atoms with E-state index in [1.165, 1.54) is 0 Å². The van der Waals surface area contributed by atoms with Gasteiger partial charge in [0.15, 0.2) is 0 Å². The van der Waals surface area contributed by atoms with Crippen molar-refractivity contribution in [3.8, 4) is 5.75 Å². The Balaban J connectivity index is 1.51. The van der Waals surface area contributed by atoms with Gasteiger partial charge in [-0.05, 0) is 51.0 Å². The van der Waals surface area contributed by atoms with Gasteiger partial charge in [-0.3, -0.25) is 4.79 Å². The highest BCUT2D eigenvalue weighted by atomic mass is 16.7. The third-order valence-electron chi connectivity index (χ3n) is 6.00. The van der Waals surface area contributed by atoms with E-state index in [-0.39, 0.29) is 24.1 Å². The van der Waals surface area contributed by atoms with Crippen LogP contribution in [0.5, 0.6) is 5.75 Å². The van der Waals surface area contributed by atoms with Gasteiger partial charge in [-0.2, -0.15) is 0 Å². The fourth-order valence-electron chi connectivity index (χ4n) is 4.23. The maximum absolute atomic E-state index is 12.6. The van der Waals surface area contributed by atoms with E-state index in [9.17, 15) is 9.59 Å². The first kappa shape index (κ1) is 23.0. The first-order valence-corrected chi connectivity index (χ1v) is 11.1. The standard InChI is InChI=1S/C26H29NO6/c1-16-20(31-23-13-12-21(30-4)26(2,3)33-23)11-10-18-15-19(25(29)32-24(16)18)27-22(28)14-17-8-6-5-7-9-17/h5-11,15,21,23H,12-14H2,1-4H3,(H,27,28)/t21?,23-/m1/s1. The summed E-state index contributed by atoms with van der Waals surface area (Å²) < 4.78 is 23.3. The number of anilines is 1. The Hall–Kier alpha value is -3.16. The Bertz CT molecular complexity index is 1200. The van der Waals surface area contributed by atoms with E-state index >= 15 is 0 Å². The van der Waals surface area contributed by atoms with Gasteiger partial charge >= 0.3 is 5.63 Å². The van der Waals surface area contributed by atoms with Gasteiger partial charge in [0.2, 0.25) is 12.2 Å². The van der Waals surface area contributed by atoms with Crippen molar-refractivity contribution in [2.45, 2.75) is 58.0 Å². The molecule has 2 atom stereocenters. The van der Waals surface area contributed by atoms with Crippen LogP contribution in [0.1, 0.15) is 37.8 Å². The van der Waals surface area contributed by atoms with Gasteiger partial charge < -0.3 is 23.9 Å². The second-order valence-electron chi connectivity index (χ2n) is 8.84. The van der Waals surface area contributed by atoms with E-state index in [2.05, 4.69) is 5.32 Å². The molecule has 1 aromatic heterocycles. The Morgan fingerprint density at radius 1 is 1.15 bits per heavy atom. The zero-order valence-corrected chi connectivity index (χ0v) is 19.3. The lowest BCUT2D eigenvalue weighted by molar-refractivity contribution is -0.233. The van der Waals surface area contributed by atoms with Crippen molar-refractivity contribution < 1.29 is 23.4 Å². The van der Waals surface area contributed by atoms with Crippen molar-refractivity contribution in [1.29, 1.82) is 0 Å². The van der Waals surface area contributed by atoms with Crippen LogP contribution < -0.4 is 15.7 Å². The van der Waals surface area contributed by atoms with Gasteiger partial charge in [-0.25, -0.2) is 4.79 Å². The van der Waals surface area contributed by atoms with Crippen LogP contribution in [0.4, 0.5) is 5.69 Å². The molecule has 4 rings (SSSR count). The minimum absolute atomic E-state index is 0.00333. The lowest BCUT2D eigenvalue weighted by Gasteiger charge is -2.41. The summed E-state index contributed by atoms with van der Waals surface area (Å²) in [6.45, 7) is 5.80. The molecule has 2 aromatic carbocycles. The van der Waals surface area contributed by atoms with Crippen molar-refractivity contribution in [2.75, 3.05) is 12.4 Å². The second-order valence-corrected chi connectivity index (χ2v) is 8.84. The number of rotatable bonds is 6. The van der Waals surface area contributed by atoms with Crippen LogP contribution in [0.25, 0.3) is 11.0 Å². The molecule has 2 heterocycles. The quantitative estimate of drug-likeness (QED) is 0.552. The smallest absolute Gasteiger partial charge is 0.360 e. The van der Waals surface area contributed by atoms with Crippen LogP contribution >= 0.6 is 0 Å². The van der Waals surface area contributed by atoms with Crippen molar-refractivity contribution in [3.63, 3.8) is 0 Å². The normalized spacial score (nSPS) is 19.9. The van der Waals surface area contributed by atoms with Crippen LogP contribution in [0.15, 0.2) is 57.7 Å². The fourth-order valence-corrected chi connectivity index (χ4v) is 4.23. The molecule has 0 radical (unpaired) electrons. The molecule has 0 spiro atoms. The summed E-state index contributed by atoms with van der Waals surface area (Å²) in [5.41, 5.74) is 1.01. The highest BCUT2D eigenvalue weighted by Crippen LogP contribution is 2.34. The lowest BCUT2D eigenvalue weighted by atomic mass is 9.94.